The van der Waals surface area contributed by atoms with Crippen molar-refractivity contribution in [1.82, 2.24) is 30.2 Å². The van der Waals surface area contributed by atoms with Gasteiger partial charge in [-0.1, -0.05) is 6.07 Å². The van der Waals surface area contributed by atoms with Gasteiger partial charge >= 0.3 is 0 Å². The Balaban J connectivity index is 1.21. The molecule has 0 radical (unpaired) electrons. The third kappa shape index (κ3) is 4.86. The van der Waals surface area contributed by atoms with Gasteiger partial charge in [0.05, 0.1) is 39.6 Å². The molecule has 12 heteroatoms. The molecule has 204 valence electrons. The van der Waals surface area contributed by atoms with E-state index < -0.39 is 15.7 Å². The Kier molecular flexibility index (Phi) is 6.41. The number of carbonyl (C=O) groups is 2. The van der Waals surface area contributed by atoms with E-state index in [0.29, 0.717) is 28.5 Å². The molecule has 4 aromatic heterocycles. The largest absolute Gasteiger partial charge is 0.346 e. The molecule has 6 heterocycles. The Morgan fingerprint density at radius 1 is 1.07 bits per heavy atom. The fourth-order valence-electron chi connectivity index (χ4n) is 5.35. The molecule has 0 saturated carbocycles. The zero-order chi connectivity index (χ0) is 28.0. The van der Waals surface area contributed by atoms with Crippen LogP contribution in [0.5, 0.6) is 0 Å². The highest BCUT2D eigenvalue weighted by Crippen LogP contribution is 2.35. The average molecular weight is 558 g/mol. The first-order chi connectivity index (χ1) is 19.2. The molecule has 1 N–H and O–H groups in total. The summed E-state index contributed by atoms with van der Waals surface area (Å²) in [7, 11) is -1.63. The number of anilines is 1. The molecule has 6 rings (SSSR count). The van der Waals surface area contributed by atoms with E-state index in [2.05, 4.69) is 20.2 Å². The van der Waals surface area contributed by atoms with Crippen LogP contribution in [-0.2, 0) is 21.2 Å². The van der Waals surface area contributed by atoms with Crippen LogP contribution in [0.3, 0.4) is 0 Å². The number of aromatic nitrogens is 4. The Morgan fingerprint density at radius 3 is 2.73 bits per heavy atom. The Labute approximate surface area is 231 Å². The number of nitrogens with one attached hydrogen (secondary N) is 1. The van der Waals surface area contributed by atoms with Crippen LogP contribution in [-0.4, -0.2) is 77.5 Å². The van der Waals surface area contributed by atoms with E-state index in [9.17, 15) is 18.0 Å². The Morgan fingerprint density at radius 2 is 1.90 bits per heavy atom. The minimum Gasteiger partial charge on any atom is -0.346 e. The van der Waals surface area contributed by atoms with Crippen LogP contribution in [0.15, 0.2) is 66.0 Å². The number of hydrogen-bond acceptors (Lipinski definition) is 9. The van der Waals surface area contributed by atoms with Gasteiger partial charge in [-0.3, -0.25) is 19.6 Å². The Hall–Kier alpha value is -4.45. The SMILES string of the molecule is CN1C[C@H]2CCN(c3cccc(-c4ccc5cnc(CNC(=O)c6cncc(S(C)(=O)=O)c6)cc5n4)n3)[C@H]2C1=O. The Bertz CT molecular complexity index is 1760. The molecule has 2 amide bonds. The summed E-state index contributed by atoms with van der Waals surface area (Å²) in [5, 5.41) is 3.59. The first kappa shape index (κ1) is 25.8. The highest BCUT2D eigenvalue weighted by molar-refractivity contribution is 7.90. The summed E-state index contributed by atoms with van der Waals surface area (Å²) >= 11 is 0. The molecule has 0 aliphatic carbocycles. The molecular weight excluding hydrogens is 530 g/mol. The van der Waals surface area contributed by atoms with Crippen LogP contribution in [0.25, 0.3) is 22.3 Å². The van der Waals surface area contributed by atoms with Gasteiger partial charge in [0.15, 0.2) is 9.84 Å². The monoisotopic (exact) mass is 557 g/mol. The number of carbonyl (C=O) groups excluding carboxylic acids is 2. The number of nitrogens with zero attached hydrogens (tertiary/aromatic N) is 6. The molecule has 2 aliphatic heterocycles. The molecule has 2 atom stereocenters. The molecule has 11 nitrogen and oxygen atoms in total. The summed E-state index contributed by atoms with van der Waals surface area (Å²) < 4.78 is 23.6. The summed E-state index contributed by atoms with van der Waals surface area (Å²) in [5.41, 5.74) is 2.81. The number of sulfone groups is 1. The smallest absolute Gasteiger partial charge is 0.253 e. The van der Waals surface area contributed by atoms with Crippen molar-refractivity contribution < 1.29 is 18.0 Å². The number of hydrogen-bond donors (Lipinski definition) is 1. The van der Waals surface area contributed by atoms with Crippen LogP contribution in [0.2, 0.25) is 0 Å². The fraction of sp³-hybridized carbons (Fsp3) is 0.286. The molecule has 0 unspecified atom stereocenters. The maximum absolute atomic E-state index is 12.7. The molecule has 2 aliphatic rings. The average Bonchev–Trinajstić information content (AvgIpc) is 3.49. The summed E-state index contributed by atoms with van der Waals surface area (Å²) in [6, 6.07) is 12.5. The van der Waals surface area contributed by atoms with E-state index in [1.54, 1.807) is 17.2 Å². The predicted molar refractivity (Wildman–Crippen MR) is 148 cm³/mol. The van der Waals surface area contributed by atoms with Crippen LogP contribution in [0.1, 0.15) is 22.5 Å². The standard InChI is InChI=1S/C28H27N7O4S/c1-34-16-18-8-9-35(26(18)28(34)37)25-5-3-4-22(33-25)23-7-6-17-13-30-20(11-24(17)32-23)14-31-27(36)19-10-21(15-29-12-19)40(2,38)39/h3-7,10-13,15,18,26H,8-9,14,16H2,1-2H3,(H,31,36)/t18-,26-/m1/s1. The minimum absolute atomic E-state index is 0.0230. The summed E-state index contributed by atoms with van der Waals surface area (Å²) in [5.74, 6) is 0.778. The molecule has 0 aromatic carbocycles. The van der Waals surface area contributed by atoms with E-state index in [1.807, 2.05) is 37.4 Å². The van der Waals surface area contributed by atoms with Gasteiger partial charge in [-0.25, -0.2) is 18.4 Å². The number of amides is 2. The first-order valence-electron chi connectivity index (χ1n) is 12.9. The van der Waals surface area contributed by atoms with Crippen LogP contribution in [0.4, 0.5) is 5.82 Å². The first-order valence-corrected chi connectivity index (χ1v) is 14.7. The lowest BCUT2D eigenvalue weighted by Gasteiger charge is -2.24. The summed E-state index contributed by atoms with van der Waals surface area (Å²) in [6.45, 7) is 1.70. The zero-order valence-electron chi connectivity index (χ0n) is 22.0. The van der Waals surface area contributed by atoms with Gasteiger partial charge in [-0.05, 0) is 42.8 Å². The molecule has 40 heavy (non-hydrogen) atoms. The zero-order valence-corrected chi connectivity index (χ0v) is 22.8. The van der Waals surface area contributed by atoms with E-state index in [-0.39, 0.29) is 29.0 Å². The van der Waals surface area contributed by atoms with E-state index in [1.165, 1.54) is 18.5 Å². The van der Waals surface area contributed by atoms with Gasteiger partial charge in [0.25, 0.3) is 5.91 Å². The highest BCUT2D eigenvalue weighted by Gasteiger charge is 2.46. The molecular formula is C28H27N7O4S. The van der Waals surface area contributed by atoms with Crippen molar-refractivity contribution in [2.45, 2.75) is 23.9 Å². The second kappa shape index (κ2) is 9.94. The topological polar surface area (TPSA) is 138 Å². The second-order valence-corrected chi connectivity index (χ2v) is 12.2. The lowest BCUT2D eigenvalue weighted by Crippen LogP contribution is -2.39. The van der Waals surface area contributed by atoms with E-state index >= 15 is 0 Å². The molecule has 4 aromatic rings. The third-order valence-electron chi connectivity index (χ3n) is 7.42. The molecule has 2 saturated heterocycles. The van der Waals surface area contributed by atoms with Crippen molar-refractivity contribution in [3.8, 4) is 11.4 Å². The maximum Gasteiger partial charge on any atom is 0.253 e. The summed E-state index contributed by atoms with van der Waals surface area (Å²) in [4.78, 5) is 47.2. The van der Waals surface area contributed by atoms with Crippen molar-refractivity contribution in [3.63, 3.8) is 0 Å². The van der Waals surface area contributed by atoms with Gasteiger partial charge in [0.1, 0.15) is 11.9 Å². The lowest BCUT2D eigenvalue weighted by molar-refractivity contribution is -0.127. The minimum atomic E-state index is -3.48. The van der Waals surface area contributed by atoms with Crippen molar-refractivity contribution in [2.75, 3.05) is 31.3 Å². The lowest BCUT2D eigenvalue weighted by atomic mass is 10.0. The van der Waals surface area contributed by atoms with Crippen LogP contribution < -0.4 is 10.2 Å². The fourth-order valence-corrected chi connectivity index (χ4v) is 5.94. The molecule has 2 fully saturated rings. The van der Waals surface area contributed by atoms with Crippen LogP contribution in [0, 0.1) is 5.92 Å². The van der Waals surface area contributed by atoms with Crippen molar-refractivity contribution in [3.05, 3.63) is 72.3 Å². The van der Waals surface area contributed by atoms with Crippen molar-refractivity contribution in [2.24, 2.45) is 5.92 Å². The summed E-state index contributed by atoms with van der Waals surface area (Å²) in [6.07, 6.45) is 6.24. The number of likely N-dealkylation sites (N-methyl/N-ethyl adjacent to an activating group) is 1. The highest BCUT2D eigenvalue weighted by atomic mass is 32.2. The maximum atomic E-state index is 12.7. The normalized spacial score (nSPS) is 18.8. The number of fused-ring (bicyclic) bond motifs is 2. The van der Waals surface area contributed by atoms with Gasteiger partial charge in [0.2, 0.25) is 5.91 Å². The third-order valence-corrected chi connectivity index (χ3v) is 8.50. The van der Waals surface area contributed by atoms with Crippen LogP contribution >= 0.6 is 0 Å². The number of likely N-dealkylation sites (tertiary alicyclic amines) is 1. The van der Waals surface area contributed by atoms with Crippen molar-refractivity contribution in [1.29, 1.82) is 0 Å². The van der Waals surface area contributed by atoms with E-state index in [4.69, 9.17) is 9.97 Å². The predicted octanol–water partition coefficient (Wildman–Crippen LogP) is 2.09. The van der Waals surface area contributed by atoms with Crippen molar-refractivity contribution >= 4 is 38.4 Å². The van der Waals surface area contributed by atoms with Gasteiger partial charge < -0.3 is 15.1 Å². The second-order valence-electron chi connectivity index (χ2n) is 10.2. The molecule has 0 spiro atoms. The van der Waals surface area contributed by atoms with Gasteiger partial charge in [-0.2, -0.15) is 0 Å². The number of pyridine rings is 4. The van der Waals surface area contributed by atoms with E-state index in [0.717, 1.165) is 37.0 Å². The number of rotatable bonds is 6. The quantitative estimate of drug-likeness (QED) is 0.378. The van der Waals surface area contributed by atoms with Gasteiger partial charge in [0, 0.05) is 56.3 Å². The molecule has 0 bridgehead atoms. The van der Waals surface area contributed by atoms with Gasteiger partial charge in [-0.15, -0.1) is 0 Å².